The Morgan fingerprint density at radius 1 is 0.692 bits per heavy atom. The van der Waals surface area contributed by atoms with Crippen LogP contribution in [0.15, 0.2) is 121 Å². The first-order valence-corrected chi connectivity index (χ1v) is 15.8. The molecule has 1 aliphatic rings. The van der Waals surface area contributed by atoms with Gasteiger partial charge in [0.05, 0.1) is 24.2 Å². The van der Waals surface area contributed by atoms with Crippen molar-refractivity contribution in [2.24, 2.45) is 5.73 Å². The minimum absolute atomic E-state index is 0. The van der Waals surface area contributed by atoms with Crippen molar-refractivity contribution in [2.45, 2.75) is 50.5 Å². The Hall–Kier alpha value is -1.88. The summed E-state index contributed by atoms with van der Waals surface area (Å²) in [4.78, 5) is 2.04. The number of thiocarbonyl (C=S) groups is 1. The maximum absolute atomic E-state index is 6.48. The van der Waals surface area contributed by atoms with Gasteiger partial charge in [-0.2, -0.15) is 0 Å². The molecule has 0 saturated heterocycles. The number of benzene rings is 4. The molecule has 4 aromatic rings. The van der Waals surface area contributed by atoms with Gasteiger partial charge in [0, 0.05) is 19.1 Å². The van der Waals surface area contributed by atoms with Crippen molar-refractivity contribution in [1.29, 1.82) is 0 Å². The van der Waals surface area contributed by atoms with Crippen LogP contribution in [0.3, 0.4) is 0 Å². The maximum Gasteiger partial charge on any atom is 1.00 e. The molecule has 2 nitrogen and oxygen atoms in total. The molecule has 2 N–H and O–H groups in total. The second-order valence-electron chi connectivity index (χ2n) is 9.79. The molecule has 1 saturated carbocycles. The summed E-state index contributed by atoms with van der Waals surface area (Å²) in [6, 6.07) is 42.9. The van der Waals surface area contributed by atoms with Gasteiger partial charge in [-0.15, -0.1) is 0 Å². The molecule has 0 amide bonds. The van der Waals surface area contributed by atoms with Crippen LogP contribution < -0.4 is 16.3 Å². The van der Waals surface area contributed by atoms with Crippen molar-refractivity contribution in [3.8, 4) is 0 Å². The Balaban J connectivity index is 0.000000211. The van der Waals surface area contributed by atoms with Crippen LogP contribution in [0.5, 0.6) is 0 Å². The Morgan fingerprint density at radius 2 is 1.08 bits per heavy atom. The SMILES string of the molecule is N[C@H]1CCCC[C@@H]1[PH+](c1ccccc1)c1ccccc1.S=C([S-])N(Cc1ccccc1)Cc1ccccc1.[Au+]. The minimum Gasteiger partial charge on any atom is -0.411 e. The molecular formula is C33H37AuN2PS2+. The summed E-state index contributed by atoms with van der Waals surface area (Å²) in [7, 11) is -0.774. The smallest absolute Gasteiger partial charge is 0.411 e. The second kappa shape index (κ2) is 17.0. The molecular weight excluding hydrogens is 716 g/mol. The van der Waals surface area contributed by atoms with Crippen LogP contribution in [0.25, 0.3) is 0 Å². The Morgan fingerprint density at radius 3 is 1.46 bits per heavy atom. The maximum atomic E-state index is 6.48. The molecule has 1 aliphatic carbocycles. The van der Waals surface area contributed by atoms with E-state index in [1.54, 1.807) is 0 Å². The van der Waals surface area contributed by atoms with Crippen LogP contribution in [-0.2, 0) is 48.1 Å². The molecule has 0 radical (unpaired) electrons. The van der Waals surface area contributed by atoms with Gasteiger partial charge in [0.1, 0.15) is 0 Å². The van der Waals surface area contributed by atoms with E-state index in [2.05, 4.69) is 84.9 Å². The first-order chi connectivity index (χ1) is 18.6. The minimum atomic E-state index is -0.774. The third-order valence-electron chi connectivity index (χ3n) is 7.05. The molecule has 1 fully saturated rings. The largest absolute Gasteiger partial charge is 1.00 e. The fourth-order valence-electron chi connectivity index (χ4n) is 5.14. The molecule has 4 aromatic carbocycles. The molecule has 6 heteroatoms. The van der Waals surface area contributed by atoms with Gasteiger partial charge < -0.3 is 35.5 Å². The molecule has 0 spiro atoms. The fourth-order valence-corrected chi connectivity index (χ4v) is 8.78. The van der Waals surface area contributed by atoms with Crippen LogP contribution in [0, 0.1) is 0 Å². The third kappa shape index (κ3) is 9.92. The van der Waals surface area contributed by atoms with Crippen LogP contribution in [0.4, 0.5) is 0 Å². The van der Waals surface area contributed by atoms with Crippen LogP contribution in [0.1, 0.15) is 36.8 Å². The van der Waals surface area contributed by atoms with Crippen molar-refractivity contribution in [3.05, 3.63) is 132 Å². The molecule has 0 bridgehead atoms. The average Bonchev–Trinajstić information content (AvgIpc) is 2.96. The number of rotatable bonds is 7. The Labute approximate surface area is 262 Å². The number of nitrogens with two attached hydrogens (primary N) is 1. The first-order valence-electron chi connectivity index (χ1n) is 13.4. The van der Waals surface area contributed by atoms with E-state index < -0.39 is 7.92 Å². The van der Waals surface area contributed by atoms with E-state index in [1.807, 2.05) is 41.3 Å². The third-order valence-corrected chi connectivity index (χ3v) is 10.9. The van der Waals surface area contributed by atoms with Gasteiger partial charge in [-0.1, -0.05) is 108 Å². The number of nitrogens with zero attached hydrogens (tertiary/aromatic N) is 1. The standard InChI is InChI=1S/C18H22NP.C15H15NS2.Au/c19-17-13-7-8-14-18(17)20(15-9-3-1-4-10-15)16-11-5-2-6-12-16;17-15(18)16(11-13-7-3-1-4-8-13)12-14-9-5-2-6-10-14;/h1-6,9-12,17-18H,7-8,13-14,19H2;1-10H,11-12H2,(H,17,18);/q;;+1/t17-,18-;;/m0../s1. The van der Waals surface area contributed by atoms with Gasteiger partial charge in [0.2, 0.25) is 0 Å². The molecule has 0 unspecified atom stereocenters. The summed E-state index contributed by atoms with van der Waals surface area (Å²) >= 11 is 10.3. The fraction of sp³-hybridized carbons (Fsp3) is 0.242. The van der Waals surface area contributed by atoms with Gasteiger partial charge in [0.15, 0.2) is 0 Å². The summed E-state index contributed by atoms with van der Waals surface area (Å²) in [6.45, 7) is 1.52. The molecule has 0 aliphatic heterocycles. The van der Waals surface area contributed by atoms with E-state index in [1.165, 1.54) is 47.4 Å². The van der Waals surface area contributed by atoms with Crippen molar-refractivity contribution >= 4 is 47.7 Å². The summed E-state index contributed by atoms with van der Waals surface area (Å²) in [5.41, 5.74) is 9.59. The normalized spacial score (nSPS) is 16.4. The topological polar surface area (TPSA) is 29.3 Å². The zero-order chi connectivity index (χ0) is 26.6. The van der Waals surface area contributed by atoms with Crippen LogP contribution in [0.2, 0.25) is 0 Å². The van der Waals surface area contributed by atoms with Crippen molar-refractivity contribution in [2.75, 3.05) is 0 Å². The number of hydrogen-bond acceptors (Lipinski definition) is 3. The van der Waals surface area contributed by atoms with Gasteiger partial charge in [-0.3, -0.25) is 0 Å². The van der Waals surface area contributed by atoms with E-state index in [-0.39, 0.29) is 22.4 Å². The van der Waals surface area contributed by atoms with Gasteiger partial charge in [0.25, 0.3) is 0 Å². The first kappa shape index (κ1) is 31.6. The quantitative estimate of drug-likeness (QED) is 0.0993. The molecule has 2 atom stereocenters. The van der Waals surface area contributed by atoms with Crippen LogP contribution >= 0.6 is 20.1 Å². The summed E-state index contributed by atoms with van der Waals surface area (Å²) < 4.78 is 0.516. The zero-order valence-electron chi connectivity index (χ0n) is 22.1. The Kier molecular flexibility index (Phi) is 13.8. The van der Waals surface area contributed by atoms with Gasteiger partial charge >= 0.3 is 22.4 Å². The van der Waals surface area contributed by atoms with E-state index in [0.29, 0.717) is 16.0 Å². The van der Waals surface area contributed by atoms with Crippen molar-refractivity contribution in [3.63, 3.8) is 0 Å². The van der Waals surface area contributed by atoms with Crippen molar-refractivity contribution < 1.29 is 22.4 Å². The summed E-state index contributed by atoms with van der Waals surface area (Å²) in [5, 5.41) is 3.01. The molecule has 0 aromatic heterocycles. The summed E-state index contributed by atoms with van der Waals surface area (Å²) in [5.74, 6) is 0. The van der Waals surface area contributed by atoms with Gasteiger partial charge in [-0.25, -0.2) is 0 Å². The predicted octanol–water partition coefficient (Wildman–Crippen LogP) is 6.64. The van der Waals surface area contributed by atoms with Crippen LogP contribution in [-0.4, -0.2) is 20.9 Å². The second-order valence-corrected chi connectivity index (χ2v) is 13.5. The van der Waals surface area contributed by atoms with Crippen molar-refractivity contribution in [1.82, 2.24) is 4.90 Å². The zero-order valence-corrected chi connectivity index (χ0v) is 26.9. The molecule has 0 heterocycles. The van der Waals surface area contributed by atoms with E-state index >= 15 is 0 Å². The molecule has 206 valence electrons. The van der Waals surface area contributed by atoms with E-state index in [0.717, 1.165) is 13.1 Å². The molecule has 5 rings (SSSR count). The van der Waals surface area contributed by atoms with Gasteiger partial charge in [-0.05, 0) is 54.7 Å². The summed E-state index contributed by atoms with van der Waals surface area (Å²) in [6.07, 6.45) is 5.13. The number of hydrogen-bond donors (Lipinski definition) is 1. The predicted molar refractivity (Wildman–Crippen MR) is 173 cm³/mol. The average molecular weight is 754 g/mol. The molecule has 39 heavy (non-hydrogen) atoms. The Bertz CT molecular complexity index is 1150. The monoisotopic (exact) mass is 753 g/mol. The van der Waals surface area contributed by atoms with E-state index in [9.17, 15) is 0 Å². The van der Waals surface area contributed by atoms with E-state index in [4.69, 9.17) is 30.6 Å².